The average Bonchev–Trinajstić information content (AvgIpc) is 2.44. The van der Waals surface area contributed by atoms with Gasteiger partial charge in [-0.2, -0.15) is 0 Å². The number of nitrogens with two attached hydrogens (primary N) is 1. The van der Waals surface area contributed by atoms with Gasteiger partial charge < -0.3 is 10.6 Å². The summed E-state index contributed by atoms with van der Waals surface area (Å²) in [6.07, 6.45) is 2.73. The van der Waals surface area contributed by atoms with E-state index >= 15 is 0 Å². The number of anilines is 2. The first-order chi connectivity index (χ1) is 9.49. The maximum absolute atomic E-state index is 12.2. The molecular weight excluding hydrogens is 324 g/mol. The number of carbonyl (C=O) groups is 1. The van der Waals surface area contributed by atoms with E-state index in [4.69, 9.17) is 5.73 Å². The summed E-state index contributed by atoms with van der Waals surface area (Å²) in [6.45, 7) is -0.0772. The average molecular weight is 337 g/mol. The van der Waals surface area contributed by atoms with E-state index in [1.54, 1.807) is 31.3 Å². The Kier molecular flexibility index (Phi) is 4.19. The zero-order chi connectivity index (χ0) is 14.7. The lowest BCUT2D eigenvalue weighted by Crippen LogP contribution is -2.34. The Hall–Kier alpha value is -2.15. The van der Waals surface area contributed by atoms with Gasteiger partial charge in [0.05, 0.1) is 6.33 Å². The first-order valence-corrected chi connectivity index (χ1v) is 6.60. The molecule has 0 aliphatic heterocycles. The van der Waals surface area contributed by atoms with Crippen molar-refractivity contribution in [2.24, 2.45) is 0 Å². The third kappa shape index (κ3) is 3.05. The van der Waals surface area contributed by atoms with Gasteiger partial charge in [-0.1, -0.05) is 0 Å². The van der Waals surface area contributed by atoms with Crippen LogP contribution in [0.2, 0.25) is 0 Å². The first-order valence-electron chi connectivity index (χ1n) is 5.81. The molecule has 1 amide bonds. The Balaban J connectivity index is 2.17. The van der Waals surface area contributed by atoms with Crippen molar-refractivity contribution in [2.45, 2.75) is 6.54 Å². The second-order valence-corrected chi connectivity index (χ2v) is 5.07. The number of rotatable bonds is 3. The van der Waals surface area contributed by atoms with Crippen LogP contribution in [0, 0.1) is 0 Å². The highest BCUT2D eigenvalue weighted by atomic mass is 79.9. The number of halogens is 1. The molecule has 0 aliphatic rings. The highest BCUT2D eigenvalue weighted by Crippen LogP contribution is 2.15. The van der Waals surface area contributed by atoms with Crippen molar-refractivity contribution in [1.82, 2.24) is 9.55 Å². The summed E-state index contributed by atoms with van der Waals surface area (Å²) in [5, 5.41) is 0. The number of nitrogen functional groups attached to an aromatic ring is 1. The van der Waals surface area contributed by atoms with Crippen molar-refractivity contribution < 1.29 is 4.79 Å². The summed E-state index contributed by atoms with van der Waals surface area (Å²) in [4.78, 5) is 29.3. The lowest BCUT2D eigenvalue weighted by molar-refractivity contribution is -0.118. The molecule has 0 atom stereocenters. The minimum absolute atomic E-state index is 0.0772. The van der Waals surface area contributed by atoms with Crippen LogP contribution in [0.3, 0.4) is 0 Å². The van der Waals surface area contributed by atoms with E-state index in [0.29, 0.717) is 15.8 Å². The second-order valence-electron chi connectivity index (χ2n) is 4.22. The van der Waals surface area contributed by atoms with Crippen molar-refractivity contribution in [3.63, 3.8) is 0 Å². The third-order valence-electron chi connectivity index (χ3n) is 2.82. The van der Waals surface area contributed by atoms with Gasteiger partial charge in [0.2, 0.25) is 5.91 Å². The minimum atomic E-state index is -0.293. The maximum atomic E-state index is 12.2. The quantitative estimate of drug-likeness (QED) is 0.855. The molecule has 0 fully saturated rings. The molecule has 0 radical (unpaired) electrons. The topological polar surface area (TPSA) is 81.2 Å². The molecule has 2 aromatic rings. The molecule has 0 unspecified atom stereocenters. The number of likely N-dealkylation sites (N-methyl/N-ethyl adjacent to an activating group) is 1. The molecule has 0 aliphatic carbocycles. The number of amides is 1. The SMILES string of the molecule is CN(C(=O)Cn1cncc(Br)c1=O)c1ccc(N)cc1. The van der Waals surface area contributed by atoms with Crippen LogP contribution in [0.5, 0.6) is 0 Å². The van der Waals surface area contributed by atoms with Crippen LogP contribution in [0.1, 0.15) is 0 Å². The largest absolute Gasteiger partial charge is 0.399 e. The van der Waals surface area contributed by atoms with Gasteiger partial charge in [0.15, 0.2) is 0 Å². The van der Waals surface area contributed by atoms with Crippen LogP contribution in [0.25, 0.3) is 0 Å². The predicted octanol–water partition coefficient (Wildman–Crippen LogP) is 1.25. The summed E-state index contributed by atoms with van der Waals surface area (Å²) in [7, 11) is 1.64. The van der Waals surface area contributed by atoms with Crippen molar-refractivity contribution >= 4 is 33.2 Å². The van der Waals surface area contributed by atoms with Crippen LogP contribution in [-0.2, 0) is 11.3 Å². The van der Waals surface area contributed by atoms with Crippen molar-refractivity contribution in [2.75, 3.05) is 17.7 Å². The fraction of sp³-hybridized carbons (Fsp3) is 0.154. The minimum Gasteiger partial charge on any atom is -0.399 e. The molecule has 1 aromatic heterocycles. The van der Waals surface area contributed by atoms with E-state index < -0.39 is 0 Å². The molecule has 2 rings (SSSR count). The Morgan fingerprint density at radius 1 is 1.40 bits per heavy atom. The molecule has 0 bridgehead atoms. The summed E-state index contributed by atoms with van der Waals surface area (Å²) in [5.74, 6) is -0.225. The molecule has 20 heavy (non-hydrogen) atoms. The first kappa shape index (κ1) is 14.3. The summed E-state index contributed by atoms with van der Waals surface area (Å²) < 4.78 is 1.57. The van der Waals surface area contributed by atoms with E-state index in [2.05, 4.69) is 20.9 Å². The van der Waals surface area contributed by atoms with E-state index in [1.165, 1.54) is 22.0 Å². The molecule has 104 valence electrons. The number of nitrogens with zero attached hydrogens (tertiary/aromatic N) is 3. The molecular formula is C13H13BrN4O2. The highest BCUT2D eigenvalue weighted by molar-refractivity contribution is 9.10. The molecule has 0 spiro atoms. The molecule has 6 nitrogen and oxygen atoms in total. The fourth-order valence-corrected chi connectivity index (χ4v) is 1.98. The lowest BCUT2D eigenvalue weighted by Gasteiger charge is -2.18. The fourth-order valence-electron chi connectivity index (χ4n) is 1.63. The van der Waals surface area contributed by atoms with E-state index in [1.807, 2.05) is 0 Å². The van der Waals surface area contributed by atoms with Crippen LogP contribution in [-0.4, -0.2) is 22.5 Å². The van der Waals surface area contributed by atoms with Crippen LogP contribution >= 0.6 is 15.9 Å². The number of aromatic nitrogens is 2. The maximum Gasteiger partial charge on any atom is 0.268 e. The van der Waals surface area contributed by atoms with Gasteiger partial charge in [-0.25, -0.2) is 4.98 Å². The number of benzene rings is 1. The Labute approximate surface area is 124 Å². The van der Waals surface area contributed by atoms with Crippen molar-refractivity contribution in [3.8, 4) is 0 Å². The highest BCUT2D eigenvalue weighted by Gasteiger charge is 2.13. The Morgan fingerprint density at radius 3 is 2.70 bits per heavy atom. The molecule has 0 saturated heterocycles. The third-order valence-corrected chi connectivity index (χ3v) is 3.36. The normalized spacial score (nSPS) is 10.3. The molecule has 1 heterocycles. The summed E-state index contributed by atoms with van der Waals surface area (Å²) in [6, 6.07) is 6.92. The van der Waals surface area contributed by atoms with Gasteiger partial charge in [0.1, 0.15) is 11.0 Å². The lowest BCUT2D eigenvalue weighted by atomic mass is 10.2. The van der Waals surface area contributed by atoms with E-state index in [-0.39, 0.29) is 18.0 Å². The Morgan fingerprint density at radius 2 is 2.05 bits per heavy atom. The summed E-state index contributed by atoms with van der Waals surface area (Å²) >= 11 is 3.09. The van der Waals surface area contributed by atoms with Crippen molar-refractivity contribution in [3.05, 3.63) is 51.6 Å². The zero-order valence-corrected chi connectivity index (χ0v) is 12.4. The van der Waals surface area contributed by atoms with Gasteiger partial charge >= 0.3 is 0 Å². The standard InChI is InChI=1S/C13H13BrN4O2/c1-17(10-4-2-9(15)3-5-10)12(19)7-18-8-16-6-11(14)13(18)20/h2-6,8H,7,15H2,1H3. The number of hydrogen-bond donors (Lipinski definition) is 1. The van der Waals surface area contributed by atoms with Gasteiger partial charge in [0.25, 0.3) is 5.56 Å². The van der Waals surface area contributed by atoms with Gasteiger partial charge in [0, 0.05) is 24.6 Å². The van der Waals surface area contributed by atoms with Gasteiger partial charge in [-0.05, 0) is 40.2 Å². The van der Waals surface area contributed by atoms with Gasteiger partial charge in [-0.3, -0.25) is 14.2 Å². The Bertz CT molecular complexity index is 682. The monoisotopic (exact) mass is 336 g/mol. The molecule has 0 saturated carbocycles. The second kappa shape index (κ2) is 5.87. The molecule has 2 N–H and O–H groups in total. The molecule has 7 heteroatoms. The van der Waals surface area contributed by atoms with Crippen LogP contribution in [0.15, 0.2) is 46.1 Å². The smallest absolute Gasteiger partial charge is 0.268 e. The summed E-state index contributed by atoms with van der Waals surface area (Å²) in [5.41, 5.74) is 6.64. The van der Waals surface area contributed by atoms with E-state index in [0.717, 1.165) is 0 Å². The zero-order valence-electron chi connectivity index (χ0n) is 10.8. The predicted molar refractivity (Wildman–Crippen MR) is 80.5 cm³/mol. The van der Waals surface area contributed by atoms with Gasteiger partial charge in [-0.15, -0.1) is 0 Å². The van der Waals surface area contributed by atoms with Crippen LogP contribution in [0.4, 0.5) is 11.4 Å². The van der Waals surface area contributed by atoms with E-state index in [9.17, 15) is 9.59 Å². The molecule has 1 aromatic carbocycles. The number of hydrogen-bond acceptors (Lipinski definition) is 4. The van der Waals surface area contributed by atoms with Crippen LogP contribution < -0.4 is 16.2 Å². The van der Waals surface area contributed by atoms with Crippen molar-refractivity contribution in [1.29, 1.82) is 0 Å². The number of carbonyl (C=O) groups excluding carboxylic acids is 1.